The molecule has 0 radical (unpaired) electrons. The number of hydrogen-bond acceptors (Lipinski definition) is 5. The molecule has 3 aromatic carbocycles. The Kier molecular flexibility index (Phi) is 5.53. The lowest BCUT2D eigenvalue weighted by atomic mass is 10.0. The second kappa shape index (κ2) is 8.53. The first kappa shape index (κ1) is 22.0. The number of para-hydroxylation sites is 1. The van der Waals surface area contributed by atoms with Gasteiger partial charge in [-0.3, -0.25) is 24.2 Å². The normalized spacial score (nSPS) is 19.0. The Labute approximate surface area is 201 Å². The lowest BCUT2D eigenvalue weighted by Gasteiger charge is -2.33. The maximum absolute atomic E-state index is 14.0. The molecule has 0 aliphatic carbocycles. The highest BCUT2D eigenvalue weighted by molar-refractivity contribution is 8.02. The van der Waals surface area contributed by atoms with E-state index in [1.165, 1.54) is 16.7 Å². The zero-order chi connectivity index (χ0) is 23.9. The molecule has 5 rings (SSSR count). The van der Waals surface area contributed by atoms with E-state index in [0.717, 1.165) is 5.56 Å². The smallest absolute Gasteiger partial charge is 0.269 e. The van der Waals surface area contributed by atoms with Gasteiger partial charge in [-0.1, -0.05) is 42.0 Å². The molecule has 0 saturated carbocycles. The van der Waals surface area contributed by atoms with Gasteiger partial charge in [0.25, 0.3) is 5.91 Å². The van der Waals surface area contributed by atoms with Gasteiger partial charge in [0.1, 0.15) is 12.3 Å². The Morgan fingerprint density at radius 2 is 1.82 bits per heavy atom. The summed E-state index contributed by atoms with van der Waals surface area (Å²) < 4.78 is 5.21. The van der Waals surface area contributed by atoms with Crippen LogP contribution in [0.1, 0.15) is 11.1 Å². The lowest BCUT2D eigenvalue weighted by Crippen LogP contribution is -2.50. The molecule has 1 atom stereocenters. The van der Waals surface area contributed by atoms with E-state index in [0.29, 0.717) is 28.4 Å². The van der Waals surface area contributed by atoms with Gasteiger partial charge in [-0.2, -0.15) is 0 Å². The molecule has 1 saturated heterocycles. The number of anilines is 3. The van der Waals surface area contributed by atoms with Crippen molar-refractivity contribution in [3.05, 3.63) is 83.9 Å². The van der Waals surface area contributed by atoms with Crippen LogP contribution in [0.3, 0.4) is 0 Å². The first-order valence-electron chi connectivity index (χ1n) is 10.8. The van der Waals surface area contributed by atoms with Crippen molar-refractivity contribution in [2.45, 2.75) is 11.8 Å². The molecule has 2 aliphatic rings. The van der Waals surface area contributed by atoms with Crippen LogP contribution in [0.4, 0.5) is 17.1 Å². The van der Waals surface area contributed by atoms with E-state index in [1.807, 2.05) is 55.5 Å². The number of nitrogens with one attached hydrogen (secondary N) is 1. The second-order valence-electron chi connectivity index (χ2n) is 8.19. The van der Waals surface area contributed by atoms with E-state index >= 15 is 0 Å². The summed E-state index contributed by atoms with van der Waals surface area (Å²) in [6, 6.07) is 21.9. The topological polar surface area (TPSA) is 79.0 Å². The Morgan fingerprint density at radius 3 is 2.59 bits per heavy atom. The quantitative estimate of drug-likeness (QED) is 0.608. The molecule has 8 heteroatoms. The zero-order valence-electron chi connectivity index (χ0n) is 18.8. The third-order valence-electron chi connectivity index (χ3n) is 6.01. The van der Waals surface area contributed by atoms with Crippen molar-refractivity contribution >= 4 is 46.5 Å². The van der Waals surface area contributed by atoms with Crippen molar-refractivity contribution in [1.29, 1.82) is 0 Å². The minimum absolute atomic E-state index is 0.139. The molecule has 0 bridgehead atoms. The number of rotatable bonds is 5. The molecule has 1 spiro atoms. The molecule has 34 heavy (non-hydrogen) atoms. The van der Waals surface area contributed by atoms with Gasteiger partial charge < -0.3 is 10.1 Å². The Hall–Kier alpha value is -3.78. The predicted molar refractivity (Wildman–Crippen MR) is 133 cm³/mol. The molecule has 2 heterocycles. The Balaban J connectivity index is 1.49. The molecule has 2 aliphatic heterocycles. The number of ether oxygens (including phenoxy) is 1. The highest BCUT2D eigenvalue weighted by atomic mass is 32.2. The molecule has 0 aromatic heterocycles. The minimum atomic E-state index is -1.24. The third kappa shape index (κ3) is 3.51. The molecule has 3 amide bonds. The van der Waals surface area contributed by atoms with Crippen molar-refractivity contribution in [3.8, 4) is 5.75 Å². The lowest BCUT2D eigenvalue weighted by molar-refractivity contribution is -0.124. The van der Waals surface area contributed by atoms with Gasteiger partial charge in [0.05, 0.1) is 18.6 Å². The summed E-state index contributed by atoms with van der Waals surface area (Å²) in [5, 5.41) is 2.83. The van der Waals surface area contributed by atoms with Gasteiger partial charge in [0.2, 0.25) is 16.7 Å². The summed E-state index contributed by atoms with van der Waals surface area (Å²) in [6.45, 7) is 1.80. The number of carbonyl (C=O) groups is 3. The van der Waals surface area contributed by atoms with Crippen molar-refractivity contribution in [2.24, 2.45) is 0 Å². The molecule has 1 N–H and O–H groups in total. The van der Waals surface area contributed by atoms with Crippen LogP contribution >= 0.6 is 11.8 Å². The summed E-state index contributed by atoms with van der Waals surface area (Å²) in [7, 11) is 1.56. The largest absolute Gasteiger partial charge is 0.497 e. The van der Waals surface area contributed by atoms with E-state index in [2.05, 4.69) is 5.32 Å². The number of fused-ring (bicyclic) bond motifs is 2. The zero-order valence-corrected chi connectivity index (χ0v) is 19.6. The fraction of sp³-hybridized carbons (Fsp3) is 0.192. The van der Waals surface area contributed by atoms with Crippen LogP contribution in [-0.4, -0.2) is 37.1 Å². The first-order chi connectivity index (χ1) is 16.4. The van der Waals surface area contributed by atoms with Gasteiger partial charge in [0.15, 0.2) is 0 Å². The maximum Gasteiger partial charge on any atom is 0.269 e. The number of thioether (sulfide) groups is 1. The van der Waals surface area contributed by atoms with E-state index in [4.69, 9.17) is 4.74 Å². The standard InChI is InChI=1S/C26H23N3O4S/c1-17-10-12-19(13-11-17)29-24(31)16-34-26(29)21-8-3-4-9-22(21)28(25(26)32)15-23(30)27-18-6-5-7-20(14-18)33-2/h3-14H,15-16H2,1-2H3,(H,27,30)/t26-/m1/s1. The summed E-state index contributed by atoms with van der Waals surface area (Å²) in [5.41, 5.74) is 3.64. The highest BCUT2D eigenvalue weighted by Gasteiger charge is 2.61. The monoisotopic (exact) mass is 473 g/mol. The molecule has 172 valence electrons. The van der Waals surface area contributed by atoms with Gasteiger partial charge in [0, 0.05) is 23.0 Å². The Bertz CT molecular complexity index is 1290. The maximum atomic E-state index is 14.0. The SMILES string of the molecule is COc1cccc(NC(=O)CN2C(=O)[C@]3(SCC(=O)N3c3ccc(C)cc3)c3ccccc32)c1. The summed E-state index contributed by atoms with van der Waals surface area (Å²) in [4.78, 5) is 41.8. The molecular weight excluding hydrogens is 450 g/mol. The number of nitrogens with zero attached hydrogens (tertiary/aromatic N) is 2. The number of methoxy groups -OCH3 is 1. The molecule has 1 fully saturated rings. The molecule has 3 aromatic rings. The highest BCUT2D eigenvalue weighted by Crippen LogP contribution is 2.55. The van der Waals surface area contributed by atoms with Crippen LogP contribution in [0.2, 0.25) is 0 Å². The molecular formula is C26H23N3O4S. The Morgan fingerprint density at radius 1 is 1.06 bits per heavy atom. The number of aryl methyl sites for hydroxylation is 1. The fourth-order valence-electron chi connectivity index (χ4n) is 4.45. The van der Waals surface area contributed by atoms with Gasteiger partial charge >= 0.3 is 0 Å². The minimum Gasteiger partial charge on any atom is -0.497 e. The van der Waals surface area contributed by atoms with Crippen LogP contribution in [0, 0.1) is 6.92 Å². The van der Waals surface area contributed by atoms with E-state index in [9.17, 15) is 14.4 Å². The second-order valence-corrected chi connectivity index (χ2v) is 9.35. The average molecular weight is 474 g/mol. The summed E-state index contributed by atoms with van der Waals surface area (Å²) in [5.74, 6) is 0.0156. The van der Waals surface area contributed by atoms with E-state index in [-0.39, 0.29) is 30.0 Å². The van der Waals surface area contributed by atoms with Crippen molar-refractivity contribution in [2.75, 3.05) is 34.5 Å². The van der Waals surface area contributed by atoms with Gasteiger partial charge in [-0.25, -0.2) is 0 Å². The van der Waals surface area contributed by atoms with Crippen LogP contribution in [-0.2, 0) is 19.3 Å². The van der Waals surface area contributed by atoms with Crippen molar-refractivity contribution in [3.63, 3.8) is 0 Å². The van der Waals surface area contributed by atoms with Crippen LogP contribution in [0.15, 0.2) is 72.8 Å². The number of carbonyl (C=O) groups excluding carboxylic acids is 3. The first-order valence-corrected chi connectivity index (χ1v) is 11.8. The van der Waals surface area contributed by atoms with Gasteiger partial charge in [-0.15, -0.1) is 11.8 Å². The summed E-state index contributed by atoms with van der Waals surface area (Å²) >= 11 is 1.30. The van der Waals surface area contributed by atoms with E-state index in [1.54, 1.807) is 36.3 Å². The van der Waals surface area contributed by atoms with Crippen LogP contribution in [0.25, 0.3) is 0 Å². The van der Waals surface area contributed by atoms with Crippen LogP contribution < -0.4 is 19.9 Å². The van der Waals surface area contributed by atoms with Crippen LogP contribution in [0.5, 0.6) is 5.75 Å². The average Bonchev–Trinajstić information content (AvgIpc) is 3.31. The van der Waals surface area contributed by atoms with Gasteiger partial charge in [-0.05, 0) is 37.3 Å². The number of amides is 3. The molecule has 7 nitrogen and oxygen atoms in total. The van der Waals surface area contributed by atoms with Crippen molar-refractivity contribution in [1.82, 2.24) is 0 Å². The predicted octanol–water partition coefficient (Wildman–Crippen LogP) is 3.92. The fourth-order valence-corrected chi connectivity index (χ4v) is 5.81. The molecule has 0 unspecified atom stereocenters. The van der Waals surface area contributed by atoms with Crippen molar-refractivity contribution < 1.29 is 19.1 Å². The third-order valence-corrected chi connectivity index (χ3v) is 7.40. The number of hydrogen-bond donors (Lipinski definition) is 1. The van der Waals surface area contributed by atoms with E-state index < -0.39 is 4.87 Å². The number of benzene rings is 3. The summed E-state index contributed by atoms with van der Waals surface area (Å²) in [6.07, 6.45) is 0.